The minimum absolute atomic E-state index is 0.0247. The van der Waals surface area contributed by atoms with Crippen LogP contribution in [0.5, 0.6) is 0 Å². The van der Waals surface area contributed by atoms with Crippen LogP contribution in [0.4, 0.5) is 0 Å². The molecular formula is C5H3NO4. The van der Waals surface area contributed by atoms with Crippen LogP contribution in [0.15, 0.2) is 23.4 Å². The van der Waals surface area contributed by atoms with Gasteiger partial charge in [0.2, 0.25) is 6.20 Å². The van der Waals surface area contributed by atoms with Crippen molar-refractivity contribution in [2.45, 2.75) is 0 Å². The molecule has 0 fully saturated rings. The molecule has 1 aliphatic carbocycles. The molecule has 0 aromatic carbocycles. The lowest BCUT2D eigenvalue weighted by Gasteiger charge is -1.77. The number of allylic oxidation sites excluding steroid dienone is 1. The minimum Gasteiger partial charge on any atom is -0.478 e. The zero-order valence-corrected chi connectivity index (χ0v) is 4.77. The number of rotatable bonds is 2. The molecule has 0 aromatic rings. The highest BCUT2D eigenvalue weighted by Gasteiger charge is 2.26. The Morgan fingerprint density at radius 2 is 2.40 bits per heavy atom. The predicted octanol–water partition coefficient (Wildman–Crippen LogP) is 0.172. The lowest BCUT2D eigenvalue weighted by molar-refractivity contribution is -0.402. The molecule has 0 bridgehead atoms. The maximum absolute atomic E-state index is 10.0. The fourth-order valence-electron chi connectivity index (χ4n) is 0.525. The zero-order valence-electron chi connectivity index (χ0n) is 4.77. The van der Waals surface area contributed by atoms with Crippen molar-refractivity contribution in [1.82, 2.24) is 0 Å². The van der Waals surface area contributed by atoms with Crippen LogP contribution in [0.3, 0.4) is 0 Å². The van der Waals surface area contributed by atoms with Gasteiger partial charge in [0.1, 0.15) is 0 Å². The Labute approximate surface area is 55.4 Å². The third-order valence-corrected chi connectivity index (χ3v) is 1.00. The van der Waals surface area contributed by atoms with E-state index in [0.29, 0.717) is 6.20 Å². The summed E-state index contributed by atoms with van der Waals surface area (Å²) in [4.78, 5) is 19.1. The minimum atomic E-state index is -1.12. The number of carboxylic acid groups (broad SMARTS) is 1. The Morgan fingerprint density at radius 3 is 2.70 bits per heavy atom. The van der Waals surface area contributed by atoms with Crippen LogP contribution in [0.25, 0.3) is 0 Å². The van der Waals surface area contributed by atoms with Gasteiger partial charge < -0.3 is 5.11 Å². The van der Waals surface area contributed by atoms with Crippen LogP contribution < -0.4 is 0 Å². The van der Waals surface area contributed by atoms with Gasteiger partial charge in [0.15, 0.2) is 0 Å². The van der Waals surface area contributed by atoms with E-state index in [1.807, 2.05) is 0 Å². The summed E-state index contributed by atoms with van der Waals surface area (Å²) in [6.45, 7) is 0. The van der Waals surface area contributed by atoms with Crippen molar-refractivity contribution in [2.24, 2.45) is 0 Å². The smallest absolute Gasteiger partial charge is 0.336 e. The quantitative estimate of drug-likeness (QED) is 0.439. The SMILES string of the molecule is O=C(O)C1=CC/1=C\[N+](=O)[O-]. The van der Waals surface area contributed by atoms with Gasteiger partial charge in [0.25, 0.3) is 0 Å². The van der Waals surface area contributed by atoms with Gasteiger partial charge in [-0.3, -0.25) is 10.1 Å². The first-order chi connectivity index (χ1) is 4.61. The van der Waals surface area contributed by atoms with E-state index >= 15 is 0 Å². The molecule has 5 heteroatoms. The van der Waals surface area contributed by atoms with E-state index in [1.54, 1.807) is 0 Å². The molecular weight excluding hydrogens is 138 g/mol. The van der Waals surface area contributed by atoms with Gasteiger partial charge in [0.05, 0.1) is 16.1 Å². The van der Waals surface area contributed by atoms with Crippen LogP contribution in [-0.2, 0) is 4.79 Å². The van der Waals surface area contributed by atoms with Crippen molar-refractivity contribution in [3.05, 3.63) is 33.5 Å². The number of nitro groups is 1. The van der Waals surface area contributed by atoms with E-state index < -0.39 is 10.9 Å². The number of carbonyl (C=O) groups is 1. The van der Waals surface area contributed by atoms with Gasteiger partial charge in [0, 0.05) is 0 Å². The van der Waals surface area contributed by atoms with E-state index in [-0.39, 0.29) is 11.1 Å². The topological polar surface area (TPSA) is 80.4 Å². The molecule has 0 heterocycles. The average molecular weight is 141 g/mol. The predicted molar refractivity (Wildman–Crippen MR) is 30.8 cm³/mol. The number of carboxylic acids is 1. The summed E-state index contributed by atoms with van der Waals surface area (Å²) in [6.07, 6.45) is 1.91. The Balaban J connectivity index is 2.58. The van der Waals surface area contributed by atoms with Crippen LogP contribution >= 0.6 is 0 Å². The largest absolute Gasteiger partial charge is 0.478 e. The fourth-order valence-corrected chi connectivity index (χ4v) is 0.525. The molecule has 0 spiro atoms. The van der Waals surface area contributed by atoms with E-state index in [0.717, 1.165) is 0 Å². The first-order valence-electron chi connectivity index (χ1n) is 2.42. The zero-order chi connectivity index (χ0) is 7.72. The van der Waals surface area contributed by atoms with Crippen molar-refractivity contribution in [3.63, 3.8) is 0 Å². The van der Waals surface area contributed by atoms with Crippen LogP contribution in [0, 0.1) is 10.1 Å². The molecule has 0 unspecified atom stereocenters. The standard InChI is InChI=1S/C5H3NO4/c7-5(8)4-1-3(4)2-6(9)10/h1-2H,(H,7,8)/b3-2+. The Hall–Kier alpha value is -1.65. The third-order valence-electron chi connectivity index (χ3n) is 1.00. The molecule has 0 radical (unpaired) electrons. The summed E-state index contributed by atoms with van der Waals surface area (Å²) in [5.74, 6) is -1.12. The molecule has 1 aliphatic rings. The molecule has 0 aliphatic heterocycles. The number of hydrogen-bond donors (Lipinski definition) is 1. The third kappa shape index (κ3) is 1.19. The second-order valence-corrected chi connectivity index (χ2v) is 1.73. The highest BCUT2D eigenvalue weighted by atomic mass is 16.6. The fraction of sp³-hybridized carbons (Fsp3) is 0. The van der Waals surface area contributed by atoms with Gasteiger partial charge in [-0.25, -0.2) is 4.79 Å². The van der Waals surface area contributed by atoms with E-state index in [4.69, 9.17) is 5.11 Å². The van der Waals surface area contributed by atoms with Gasteiger partial charge in [-0.05, 0) is 6.08 Å². The lowest BCUT2D eigenvalue weighted by atomic mass is 10.4. The monoisotopic (exact) mass is 141 g/mol. The molecule has 0 atom stereocenters. The highest BCUT2D eigenvalue weighted by molar-refractivity contribution is 6.00. The summed E-state index contributed by atoms with van der Waals surface area (Å²) in [6, 6.07) is 0. The molecule has 1 N–H and O–H groups in total. The molecule has 0 aromatic heterocycles. The van der Waals surface area contributed by atoms with Gasteiger partial charge >= 0.3 is 5.97 Å². The number of aliphatic carboxylic acids is 1. The molecule has 0 saturated heterocycles. The van der Waals surface area contributed by atoms with Crippen LogP contribution in [0.1, 0.15) is 0 Å². The number of nitrogens with zero attached hydrogens (tertiary/aromatic N) is 1. The normalized spacial score (nSPS) is 18.4. The maximum atomic E-state index is 10.0. The van der Waals surface area contributed by atoms with Crippen molar-refractivity contribution < 1.29 is 14.8 Å². The molecule has 0 saturated carbocycles. The van der Waals surface area contributed by atoms with E-state index in [1.165, 1.54) is 6.08 Å². The van der Waals surface area contributed by atoms with Crippen molar-refractivity contribution in [3.8, 4) is 0 Å². The number of hydrogen-bond acceptors (Lipinski definition) is 3. The second-order valence-electron chi connectivity index (χ2n) is 1.73. The van der Waals surface area contributed by atoms with Gasteiger partial charge in [-0.2, -0.15) is 0 Å². The maximum Gasteiger partial charge on any atom is 0.336 e. The molecule has 52 valence electrons. The van der Waals surface area contributed by atoms with Crippen molar-refractivity contribution >= 4 is 5.97 Å². The van der Waals surface area contributed by atoms with E-state index in [9.17, 15) is 14.9 Å². The Bertz CT molecular complexity index is 263. The molecule has 5 nitrogen and oxygen atoms in total. The van der Waals surface area contributed by atoms with Crippen LogP contribution in [0.2, 0.25) is 0 Å². The molecule has 1 rings (SSSR count). The Morgan fingerprint density at radius 1 is 1.80 bits per heavy atom. The second kappa shape index (κ2) is 1.94. The lowest BCUT2D eigenvalue weighted by Crippen LogP contribution is -1.91. The van der Waals surface area contributed by atoms with Gasteiger partial charge in [-0.15, -0.1) is 0 Å². The summed E-state index contributed by atoms with van der Waals surface area (Å²) < 4.78 is 0. The highest BCUT2D eigenvalue weighted by Crippen LogP contribution is 2.26. The summed E-state index contributed by atoms with van der Waals surface area (Å²) >= 11 is 0. The first-order valence-corrected chi connectivity index (χ1v) is 2.42. The first kappa shape index (κ1) is 6.47. The molecule has 0 amide bonds. The van der Waals surface area contributed by atoms with Crippen molar-refractivity contribution in [1.29, 1.82) is 0 Å². The summed E-state index contributed by atoms with van der Waals surface area (Å²) in [5, 5.41) is 17.9. The van der Waals surface area contributed by atoms with Gasteiger partial charge in [-0.1, -0.05) is 0 Å². The summed E-state index contributed by atoms with van der Waals surface area (Å²) in [5.41, 5.74) is 0.217. The Kier molecular flexibility index (Phi) is 1.26. The van der Waals surface area contributed by atoms with Crippen LogP contribution in [-0.4, -0.2) is 16.0 Å². The average Bonchev–Trinajstić information content (AvgIpc) is 2.43. The molecule has 10 heavy (non-hydrogen) atoms. The van der Waals surface area contributed by atoms with E-state index in [2.05, 4.69) is 0 Å². The van der Waals surface area contributed by atoms with Crippen molar-refractivity contribution in [2.75, 3.05) is 0 Å². The summed E-state index contributed by atoms with van der Waals surface area (Å²) in [7, 11) is 0.